The van der Waals surface area contributed by atoms with Crippen LogP contribution in [0.4, 0.5) is 24.0 Å². The molecule has 0 saturated carbocycles. The van der Waals surface area contributed by atoms with E-state index in [1.54, 1.807) is 13.0 Å². The number of ether oxygens (including phenoxy) is 2. The van der Waals surface area contributed by atoms with Crippen molar-refractivity contribution in [1.29, 1.82) is 0 Å². The summed E-state index contributed by atoms with van der Waals surface area (Å²) in [7, 11) is 0. The lowest BCUT2D eigenvalue weighted by atomic mass is 10.1. The lowest BCUT2D eigenvalue weighted by Crippen LogP contribution is -2.11. The van der Waals surface area contributed by atoms with Gasteiger partial charge >= 0.3 is 12.1 Å². The number of thioether (sulfide) groups is 1. The molecule has 2 aromatic carbocycles. The molecule has 4 aromatic rings. The first-order chi connectivity index (χ1) is 17.8. The van der Waals surface area contributed by atoms with Gasteiger partial charge in [0.15, 0.2) is 5.13 Å². The number of benzene rings is 2. The highest BCUT2D eigenvalue weighted by Crippen LogP contribution is 2.39. The number of halogens is 3. The first-order valence-corrected chi connectivity index (χ1v) is 14.0. The van der Waals surface area contributed by atoms with Crippen molar-refractivity contribution in [2.24, 2.45) is 0 Å². The van der Waals surface area contributed by atoms with Crippen molar-refractivity contribution in [2.45, 2.75) is 24.4 Å². The zero-order valence-electron chi connectivity index (χ0n) is 19.7. The number of esters is 1. The molecular formula is C26H23F3N2O3S3. The van der Waals surface area contributed by atoms with Crippen LogP contribution in [0.1, 0.15) is 17.4 Å². The van der Waals surface area contributed by atoms with E-state index >= 15 is 0 Å². The summed E-state index contributed by atoms with van der Waals surface area (Å²) in [6.45, 7) is 2.23. The Morgan fingerprint density at radius 2 is 1.92 bits per heavy atom. The van der Waals surface area contributed by atoms with Crippen molar-refractivity contribution in [3.05, 3.63) is 76.5 Å². The van der Waals surface area contributed by atoms with Gasteiger partial charge in [-0.3, -0.25) is 4.79 Å². The number of thiophene rings is 1. The normalized spacial score (nSPS) is 11.4. The number of carbonyl (C=O) groups excluding carboxylic acids is 1. The van der Waals surface area contributed by atoms with Gasteiger partial charge in [0.05, 0.1) is 35.8 Å². The molecule has 11 heteroatoms. The number of nitrogens with one attached hydrogen (secondary N) is 1. The summed E-state index contributed by atoms with van der Waals surface area (Å²) in [5.41, 5.74) is 0.0915. The van der Waals surface area contributed by atoms with Crippen LogP contribution in [0.3, 0.4) is 0 Å². The van der Waals surface area contributed by atoms with Crippen molar-refractivity contribution >= 4 is 51.2 Å². The monoisotopic (exact) mass is 564 g/mol. The summed E-state index contributed by atoms with van der Waals surface area (Å²) in [5, 5.41) is 5.23. The third-order valence-electron chi connectivity index (χ3n) is 4.93. The zero-order chi connectivity index (χ0) is 26.3. The number of thiazole rings is 1. The van der Waals surface area contributed by atoms with E-state index in [9.17, 15) is 18.0 Å². The molecule has 0 aliphatic carbocycles. The molecule has 0 aliphatic heterocycles. The highest BCUT2D eigenvalue weighted by atomic mass is 32.2. The molecule has 2 aromatic heterocycles. The van der Waals surface area contributed by atoms with Gasteiger partial charge in [-0.25, -0.2) is 4.98 Å². The van der Waals surface area contributed by atoms with E-state index < -0.39 is 11.7 Å². The Hall–Kier alpha value is -3.02. The molecule has 0 unspecified atom stereocenters. The molecule has 0 aliphatic rings. The lowest BCUT2D eigenvalue weighted by molar-refractivity contribution is -0.142. The molecule has 0 atom stereocenters. The predicted octanol–water partition coefficient (Wildman–Crippen LogP) is 7.91. The van der Waals surface area contributed by atoms with Crippen LogP contribution in [0.25, 0.3) is 10.6 Å². The fourth-order valence-corrected chi connectivity index (χ4v) is 5.83. The highest BCUT2D eigenvalue weighted by Gasteiger charge is 2.35. The second-order valence-electron chi connectivity index (χ2n) is 7.63. The molecule has 0 saturated heterocycles. The Kier molecular flexibility index (Phi) is 9.12. The van der Waals surface area contributed by atoms with Crippen LogP contribution in [0, 0.1) is 0 Å². The van der Waals surface area contributed by atoms with Gasteiger partial charge in [0.2, 0.25) is 0 Å². The van der Waals surface area contributed by atoms with Crippen LogP contribution >= 0.6 is 34.4 Å². The van der Waals surface area contributed by atoms with E-state index in [0.717, 1.165) is 20.7 Å². The van der Waals surface area contributed by atoms with Crippen LogP contribution in [-0.2, 0) is 22.1 Å². The average Bonchev–Trinajstić information content (AvgIpc) is 3.52. The Labute approximate surface area is 224 Å². The molecule has 5 nitrogen and oxygen atoms in total. The quantitative estimate of drug-likeness (QED) is 0.113. The maximum Gasteiger partial charge on any atom is 0.420 e. The molecule has 0 bridgehead atoms. The summed E-state index contributed by atoms with van der Waals surface area (Å²) in [4.78, 5) is 18.9. The summed E-state index contributed by atoms with van der Waals surface area (Å²) in [6.07, 6.45) is -4.38. The number of aromatic nitrogens is 1. The molecular weight excluding hydrogens is 541 g/mol. The largest absolute Gasteiger partial charge is 0.492 e. The van der Waals surface area contributed by atoms with Gasteiger partial charge in [0.25, 0.3) is 0 Å². The Morgan fingerprint density at radius 3 is 2.68 bits per heavy atom. The SMILES string of the molecule is CCOC(=O)Cc1ccc(-c2csc(Nc3ccc(OCCSc4ccccc4)c(C(F)(F)F)c3)n2)s1. The topological polar surface area (TPSA) is 60.5 Å². The fraction of sp³-hybridized carbons (Fsp3) is 0.231. The average molecular weight is 565 g/mol. The molecule has 0 fully saturated rings. The lowest BCUT2D eigenvalue weighted by Gasteiger charge is -2.15. The number of carbonyl (C=O) groups is 1. The second kappa shape index (κ2) is 12.5. The Bertz CT molecular complexity index is 1320. The molecule has 0 amide bonds. The number of alkyl halides is 3. The molecule has 2 heterocycles. The number of hydrogen-bond donors (Lipinski definition) is 1. The highest BCUT2D eigenvalue weighted by molar-refractivity contribution is 7.99. The Morgan fingerprint density at radius 1 is 1.11 bits per heavy atom. The standard InChI is InChI=1S/C26H23F3N2O3S3/c1-2-33-24(32)15-19-9-11-23(37-19)21-16-36-25(31-21)30-17-8-10-22(20(14-17)26(27,28)29)34-12-13-35-18-6-4-3-5-7-18/h3-11,14,16H,2,12-13,15H2,1H3,(H,30,31). The number of nitrogens with zero attached hydrogens (tertiary/aromatic N) is 1. The van der Waals surface area contributed by atoms with Gasteiger partial charge in [-0.2, -0.15) is 13.2 Å². The van der Waals surface area contributed by atoms with Crippen LogP contribution in [0.15, 0.2) is 70.9 Å². The van der Waals surface area contributed by atoms with Crippen molar-refractivity contribution in [2.75, 3.05) is 24.3 Å². The van der Waals surface area contributed by atoms with Gasteiger partial charge in [-0.1, -0.05) is 18.2 Å². The minimum Gasteiger partial charge on any atom is -0.492 e. The van der Waals surface area contributed by atoms with E-state index in [1.807, 2.05) is 47.8 Å². The van der Waals surface area contributed by atoms with Crippen LogP contribution in [0.5, 0.6) is 5.75 Å². The molecule has 1 N–H and O–H groups in total. The fourth-order valence-electron chi connectivity index (χ4n) is 3.32. The first-order valence-electron chi connectivity index (χ1n) is 11.3. The first kappa shape index (κ1) is 27.0. The zero-order valence-corrected chi connectivity index (χ0v) is 22.2. The third-order valence-corrected chi connectivity index (χ3v) is 7.77. The molecule has 0 spiro atoms. The van der Waals surface area contributed by atoms with Gasteiger partial charge in [-0.05, 0) is 49.4 Å². The van der Waals surface area contributed by atoms with Crippen LogP contribution in [-0.4, -0.2) is 29.9 Å². The van der Waals surface area contributed by atoms with Crippen LogP contribution < -0.4 is 10.1 Å². The molecule has 0 radical (unpaired) electrons. The summed E-state index contributed by atoms with van der Waals surface area (Å²) >= 11 is 4.22. The summed E-state index contributed by atoms with van der Waals surface area (Å²) < 4.78 is 51.7. The van der Waals surface area contributed by atoms with E-state index in [-0.39, 0.29) is 30.4 Å². The molecule has 4 rings (SSSR count). The molecule has 194 valence electrons. The second-order valence-corrected chi connectivity index (χ2v) is 10.8. The van der Waals surface area contributed by atoms with Gasteiger partial charge < -0.3 is 14.8 Å². The smallest absolute Gasteiger partial charge is 0.420 e. The maximum atomic E-state index is 13.8. The van der Waals surface area contributed by atoms with E-state index in [2.05, 4.69) is 10.3 Å². The van der Waals surface area contributed by atoms with Crippen LogP contribution in [0.2, 0.25) is 0 Å². The van der Waals surface area contributed by atoms with E-state index in [1.165, 1.54) is 40.5 Å². The van der Waals surface area contributed by atoms with Crippen molar-refractivity contribution in [3.8, 4) is 16.3 Å². The maximum absolute atomic E-state index is 13.8. The van der Waals surface area contributed by atoms with E-state index in [4.69, 9.17) is 9.47 Å². The number of anilines is 2. The number of hydrogen-bond acceptors (Lipinski definition) is 8. The minimum atomic E-state index is -4.57. The van der Waals surface area contributed by atoms with Crippen molar-refractivity contribution in [1.82, 2.24) is 4.98 Å². The third kappa shape index (κ3) is 7.73. The Balaban J connectivity index is 1.40. The van der Waals surface area contributed by atoms with E-state index in [0.29, 0.717) is 23.2 Å². The van der Waals surface area contributed by atoms with Gasteiger partial charge in [0, 0.05) is 26.6 Å². The van der Waals surface area contributed by atoms with Gasteiger partial charge in [0.1, 0.15) is 5.75 Å². The summed E-state index contributed by atoms with van der Waals surface area (Å²) in [5.74, 6) is 0.0200. The number of rotatable bonds is 11. The minimum absolute atomic E-state index is 0.143. The summed E-state index contributed by atoms with van der Waals surface area (Å²) in [6, 6.07) is 17.2. The van der Waals surface area contributed by atoms with Crippen molar-refractivity contribution < 1.29 is 27.4 Å². The molecule has 37 heavy (non-hydrogen) atoms. The predicted molar refractivity (Wildman–Crippen MR) is 143 cm³/mol. The van der Waals surface area contributed by atoms with Gasteiger partial charge in [-0.15, -0.1) is 34.4 Å². The van der Waals surface area contributed by atoms with Crippen molar-refractivity contribution in [3.63, 3.8) is 0 Å².